The highest BCUT2D eigenvalue weighted by atomic mass is 79.9. The molecule has 3 rings (SSSR count). The number of carbonyl (C=O) groups is 1. The molecule has 2 heterocycles. The molecule has 1 atom stereocenters. The first kappa shape index (κ1) is 17.9. The molecule has 0 saturated carbocycles. The maximum Gasteiger partial charge on any atom is 0.251 e. The maximum atomic E-state index is 12.3. The van der Waals surface area contributed by atoms with Crippen LogP contribution >= 0.6 is 15.9 Å². The molecule has 132 valence electrons. The van der Waals surface area contributed by atoms with Crippen LogP contribution < -0.4 is 10.6 Å². The van der Waals surface area contributed by atoms with Crippen LogP contribution in [0.1, 0.15) is 34.3 Å². The molecule has 1 aliphatic heterocycles. The summed E-state index contributed by atoms with van der Waals surface area (Å²) in [7, 11) is 0. The maximum absolute atomic E-state index is 12.3. The van der Waals surface area contributed by atoms with E-state index in [1.54, 1.807) is 6.20 Å². The molecule has 0 radical (unpaired) electrons. The van der Waals surface area contributed by atoms with Crippen LogP contribution in [0.4, 0.5) is 5.82 Å². The van der Waals surface area contributed by atoms with Crippen LogP contribution in [-0.4, -0.2) is 30.1 Å². The van der Waals surface area contributed by atoms with Gasteiger partial charge in [0, 0.05) is 35.9 Å². The molecule has 0 spiro atoms. The molecule has 0 aliphatic carbocycles. The number of halogens is 1. The van der Waals surface area contributed by atoms with Crippen molar-refractivity contribution in [3.63, 3.8) is 0 Å². The predicted molar refractivity (Wildman–Crippen MR) is 102 cm³/mol. The smallest absolute Gasteiger partial charge is 0.251 e. The van der Waals surface area contributed by atoms with Crippen molar-refractivity contribution in [2.45, 2.75) is 32.4 Å². The van der Waals surface area contributed by atoms with Crippen molar-refractivity contribution in [3.05, 3.63) is 57.7 Å². The predicted octanol–water partition coefficient (Wildman–Crippen LogP) is 3.67. The topological polar surface area (TPSA) is 63.2 Å². The molecule has 2 N–H and O–H groups in total. The van der Waals surface area contributed by atoms with Gasteiger partial charge in [0.05, 0.1) is 6.10 Å². The second-order valence-electron chi connectivity index (χ2n) is 6.22. The lowest BCUT2D eigenvalue weighted by Crippen LogP contribution is -2.31. The fourth-order valence-electron chi connectivity index (χ4n) is 2.85. The molecule has 1 fully saturated rings. The third-order valence-electron chi connectivity index (χ3n) is 4.21. The van der Waals surface area contributed by atoms with Gasteiger partial charge in [-0.25, -0.2) is 4.98 Å². The van der Waals surface area contributed by atoms with E-state index >= 15 is 0 Å². The van der Waals surface area contributed by atoms with Gasteiger partial charge in [-0.05, 0) is 65.0 Å². The molecule has 1 saturated heterocycles. The van der Waals surface area contributed by atoms with Crippen LogP contribution in [0.3, 0.4) is 0 Å². The number of rotatable bonds is 6. The number of anilines is 1. The number of benzene rings is 1. The summed E-state index contributed by atoms with van der Waals surface area (Å²) in [5, 5.41) is 6.27. The van der Waals surface area contributed by atoms with Crippen molar-refractivity contribution in [2.75, 3.05) is 18.5 Å². The number of nitrogens with zero attached hydrogens (tertiary/aromatic N) is 1. The Morgan fingerprint density at radius 2 is 2.28 bits per heavy atom. The fraction of sp³-hybridized carbons (Fsp3) is 0.368. The second-order valence-corrected chi connectivity index (χ2v) is 7.13. The van der Waals surface area contributed by atoms with Crippen molar-refractivity contribution in [1.82, 2.24) is 10.3 Å². The Balaban J connectivity index is 1.57. The summed E-state index contributed by atoms with van der Waals surface area (Å²) in [5.74, 6) is 0.784. The molecule has 5 nitrogen and oxygen atoms in total. The quantitative estimate of drug-likeness (QED) is 0.771. The van der Waals surface area contributed by atoms with E-state index in [-0.39, 0.29) is 12.0 Å². The number of amides is 1. The summed E-state index contributed by atoms with van der Waals surface area (Å²) in [6.07, 6.45) is 4.01. The third-order valence-corrected chi connectivity index (χ3v) is 4.64. The zero-order chi connectivity index (χ0) is 17.6. The number of ether oxygens (including phenoxy) is 1. The molecular formula is C19H22BrN3O2. The zero-order valence-electron chi connectivity index (χ0n) is 14.2. The highest BCUT2D eigenvalue weighted by molar-refractivity contribution is 9.10. The minimum atomic E-state index is -0.0599. The van der Waals surface area contributed by atoms with Crippen LogP contribution in [0.25, 0.3) is 0 Å². The Morgan fingerprint density at radius 1 is 1.40 bits per heavy atom. The number of pyridine rings is 1. The molecule has 1 unspecified atom stereocenters. The summed E-state index contributed by atoms with van der Waals surface area (Å²) < 4.78 is 6.49. The lowest BCUT2D eigenvalue weighted by atomic mass is 10.1. The summed E-state index contributed by atoms with van der Waals surface area (Å²) in [4.78, 5) is 16.7. The Kier molecular flexibility index (Phi) is 6.04. The number of hydrogen-bond acceptors (Lipinski definition) is 4. The monoisotopic (exact) mass is 403 g/mol. The van der Waals surface area contributed by atoms with Gasteiger partial charge < -0.3 is 15.4 Å². The van der Waals surface area contributed by atoms with Crippen molar-refractivity contribution in [3.8, 4) is 0 Å². The SMILES string of the molecule is Cc1cc(Br)cnc1NCc1cccc(C(=O)NCC2CCCO2)c1. The molecule has 25 heavy (non-hydrogen) atoms. The molecule has 1 aromatic carbocycles. The first-order valence-electron chi connectivity index (χ1n) is 8.46. The second kappa shape index (κ2) is 8.45. The molecule has 2 aromatic rings. The van der Waals surface area contributed by atoms with Crippen molar-refractivity contribution in [2.24, 2.45) is 0 Å². The Labute approximate surface area is 156 Å². The van der Waals surface area contributed by atoms with E-state index in [1.165, 1.54) is 0 Å². The first-order chi connectivity index (χ1) is 12.1. The van der Waals surface area contributed by atoms with Gasteiger partial charge in [0.1, 0.15) is 5.82 Å². The highest BCUT2D eigenvalue weighted by Crippen LogP contribution is 2.18. The minimum Gasteiger partial charge on any atom is -0.376 e. The van der Waals surface area contributed by atoms with Crippen molar-refractivity contribution >= 4 is 27.7 Å². The van der Waals surface area contributed by atoms with Crippen LogP contribution in [0.15, 0.2) is 41.0 Å². The van der Waals surface area contributed by atoms with Gasteiger partial charge >= 0.3 is 0 Å². The number of aromatic nitrogens is 1. The van der Waals surface area contributed by atoms with E-state index in [2.05, 4.69) is 31.5 Å². The van der Waals surface area contributed by atoms with Gasteiger partial charge in [0.15, 0.2) is 0 Å². The lowest BCUT2D eigenvalue weighted by molar-refractivity contribution is 0.0857. The molecule has 6 heteroatoms. The summed E-state index contributed by atoms with van der Waals surface area (Å²) in [5.41, 5.74) is 2.77. The van der Waals surface area contributed by atoms with Gasteiger partial charge in [-0.3, -0.25) is 4.79 Å². The standard InChI is InChI=1S/C19H22BrN3O2/c1-13-8-16(20)11-22-18(13)21-10-14-4-2-5-15(9-14)19(24)23-12-17-6-3-7-25-17/h2,4-5,8-9,11,17H,3,6-7,10,12H2,1H3,(H,21,22)(H,23,24). The number of hydrogen-bond donors (Lipinski definition) is 2. The summed E-state index contributed by atoms with van der Waals surface area (Å²) in [6, 6.07) is 9.66. The Hall–Kier alpha value is -1.92. The van der Waals surface area contributed by atoms with Crippen LogP contribution in [0.2, 0.25) is 0 Å². The third kappa shape index (κ3) is 5.03. The summed E-state index contributed by atoms with van der Waals surface area (Å²) >= 11 is 3.41. The van der Waals surface area contributed by atoms with E-state index in [9.17, 15) is 4.79 Å². The Bertz CT molecular complexity index is 745. The van der Waals surface area contributed by atoms with Gasteiger partial charge in [-0.15, -0.1) is 0 Å². The van der Waals surface area contributed by atoms with Gasteiger partial charge in [0.2, 0.25) is 0 Å². The molecule has 1 aromatic heterocycles. The first-order valence-corrected chi connectivity index (χ1v) is 9.26. The van der Waals surface area contributed by atoms with Gasteiger partial charge in [-0.2, -0.15) is 0 Å². The van der Waals surface area contributed by atoms with E-state index in [4.69, 9.17) is 4.74 Å². The fourth-order valence-corrected chi connectivity index (χ4v) is 3.29. The van der Waals surface area contributed by atoms with Crippen LogP contribution in [-0.2, 0) is 11.3 Å². The number of aryl methyl sites for hydroxylation is 1. The number of nitrogens with one attached hydrogen (secondary N) is 2. The van der Waals surface area contributed by atoms with Crippen molar-refractivity contribution in [1.29, 1.82) is 0 Å². The van der Waals surface area contributed by atoms with Gasteiger partial charge in [0.25, 0.3) is 5.91 Å². The van der Waals surface area contributed by atoms with Crippen LogP contribution in [0.5, 0.6) is 0 Å². The molecular weight excluding hydrogens is 382 g/mol. The Morgan fingerprint density at radius 3 is 3.04 bits per heavy atom. The lowest BCUT2D eigenvalue weighted by Gasteiger charge is -2.12. The summed E-state index contributed by atoms with van der Waals surface area (Å²) in [6.45, 7) is 3.99. The highest BCUT2D eigenvalue weighted by Gasteiger charge is 2.16. The average molecular weight is 404 g/mol. The average Bonchev–Trinajstić information content (AvgIpc) is 3.13. The van der Waals surface area contributed by atoms with Crippen molar-refractivity contribution < 1.29 is 9.53 Å². The largest absolute Gasteiger partial charge is 0.376 e. The normalized spacial score (nSPS) is 16.6. The minimum absolute atomic E-state index is 0.0599. The van der Waals surface area contributed by atoms with Gasteiger partial charge in [-0.1, -0.05) is 12.1 Å². The molecule has 1 amide bonds. The van der Waals surface area contributed by atoms with E-state index in [0.29, 0.717) is 18.7 Å². The zero-order valence-corrected chi connectivity index (χ0v) is 15.8. The molecule has 0 bridgehead atoms. The van der Waals surface area contributed by atoms with Crippen LogP contribution in [0, 0.1) is 6.92 Å². The molecule has 1 aliphatic rings. The van der Waals surface area contributed by atoms with E-state index in [0.717, 1.165) is 40.9 Å². The van der Waals surface area contributed by atoms with E-state index < -0.39 is 0 Å². The number of carbonyl (C=O) groups excluding carboxylic acids is 1. The van der Waals surface area contributed by atoms with E-state index in [1.807, 2.05) is 37.3 Å².